The van der Waals surface area contributed by atoms with E-state index in [2.05, 4.69) is 15.7 Å². The molecule has 0 saturated heterocycles. The molecule has 8 nitrogen and oxygen atoms in total. The lowest BCUT2D eigenvalue weighted by molar-refractivity contribution is -0.123. The summed E-state index contributed by atoms with van der Waals surface area (Å²) < 4.78 is 12.1. The minimum Gasteiger partial charge on any atom is -0.497 e. The number of aryl methyl sites for hydroxylation is 1. The smallest absolute Gasteiger partial charge is 0.251 e. The molecule has 0 bridgehead atoms. The summed E-state index contributed by atoms with van der Waals surface area (Å²) in [4.78, 5) is 25.2. The minimum absolute atomic E-state index is 0.0416. The molecule has 0 fully saturated rings. The number of para-hydroxylation sites is 2. The number of nitrogens with zero attached hydrogens (tertiary/aromatic N) is 2. The summed E-state index contributed by atoms with van der Waals surface area (Å²) in [5.74, 6) is 1.33. The summed E-state index contributed by atoms with van der Waals surface area (Å²) in [7, 11) is 3.15. The number of carbonyl (C=O) groups excluding carboxylic acids is 2. The summed E-state index contributed by atoms with van der Waals surface area (Å²) >= 11 is 0. The van der Waals surface area contributed by atoms with Crippen LogP contribution < -0.4 is 20.1 Å². The molecule has 0 saturated carbocycles. The zero-order valence-electron chi connectivity index (χ0n) is 16.9. The molecular formula is C22H22N4O4. The molecule has 3 aromatic rings. The van der Waals surface area contributed by atoms with Gasteiger partial charge in [0, 0.05) is 5.56 Å². The number of rotatable bonds is 6. The lowest BCUT2D eigenvalue weighted by atomic mass is 10.1. The van der Waals surface area contributed by atoms with Crippen molar-refractivity contribution in [3.8, 4) is 22.6 Å². The van der Waals surface area contributed by atoms with Crippen LogP contribution in [0.25, 0.3) is 11.1 Å². The number of benzene rings is 2. The number of hydrogen-bond acceptors (Lipinski definition) is 5. The van der Waals surface area contributed by atoms with Crippen LogP contribution >= 0.6 is 0 Å². The van der Waals surface area contributed by atoms with E-state index in [1.54, 1.807) is 30.0 Å². The van der Waals surface area contributed by atoms with Crippen LogP contribution in [0.2, 0.25) is 0 Å². The average molecular weight is 406 g/mol. The molecule has 1 atom stereocenters. The molecule has 154 valence electrons. The Morgan fingerprint density at radius 3 is 2.57 bits per heavy atom. The standard InChI is InChI=1S/C22H22N4O4/c1-13-20(14-8-10-15(29-2)11-9-14)21-24-22(28)17(26(21)25-13)12-19(27)23-16-6-4-5-7-18(16)30-3/h4-11,17H,12H2,1-3H3,(H,23,27)(H,24,28). The van der Waals surface area contributed by atoms with E-state index in [9.17, 15) is 9.59 Å². The molecule has 2 heterocycles. The van der Waals surface area contributed by atoms with Crippen molar-refractivity contribution >= 4 is 23.3 Å². The van der Waals surface area contributed by atoms with Gasteiger partial charge in [-0.3, -0.25) is 9.59 Å². The van der Waals surface area contributed by atoms with Gasteiger partial charge in [-0.15, -0.1) is 0 Å². The number of carbonyl (C=O) groups is 2. The van der Waals surface area contributed by atoms with Crippen molar-refractivity contribution < 1.29 is 19.1 Å². The topological polar surface area (TPSA) is 94.5 Å². The third-order valence-corrected chi connectivity index (χ3v) is 5.06. The quantitative estimate of drug-likeness (QED) is 0.654. The van der Waals surface area contributed by atoms with Gasteiger partial charge in [-0.05, 0) is 36.8 Å². The number of nitrogens with one attached hydrogen (secondary N) is 2. The average Bonchev–Trinajstić information content (AvgIpc) is 3.22. The van der Waals surface area contributed by atoms with Gasteiger partial charge in [0.2, 0.25) is 5.91 Å². The van der Waals surface area contributed by atoms with Crippen LogP contribution in [0, 0.1) is 6.92 Å². The molecular weight excluding hydrogens is 384 g/mol. The van der Waals surface area contributed by atoms with Gasteiger partial charge in [0.05, 0.1) is 32.0 Å². The van der Waals surface area contributed by atoms with E-state index in [-0.39, 0.29) is 18.2 Å². The van der Waals surface area contributed by atoms with Crippen molar-refractivity contribution in [2.24, 2.45) is 0 Å². The predicted octanol–water partition coefficient (Wildman–Crippen LogP) is 3.40. The second-order valence-corrected chi connectivity index (χ2v) is 6.94. The highest BCUT2D eigenvalue weighted by atomic mass is 16.5. The van der Waals surface area contributed by atoms with Gasteiger partial charge in [-0.2, -0.15) is 5.10 Å². The SMILES string of the molecule is COc1ccc(-c2c(C)nn3c2NC(=O)C3CC(=O)Nc2ccccc2OC)cc1. The second-order valence-electron chi connectivity index (χ2n) is 6.94. The summed E-state index contributed by atoms with van der Waals surface area (Å²) in [5.41, 5.74) is 3.07. The minimum atomic E-state index is -0.722. The first-order valence-electron chi connectivity index (χ1n) is 9.49. The lowest BCUT2D eigenvalue weighted by Crippen LogP contribution is -2.24. The van der Waals surface area contributed by atoms with Gasteiger partial charge in [-0.25, -0.2) is 4.68 Å². The summed E-state index contributed by atoms with van der Waals surface area (Å²) in [5, 5.41) is 10.2. The highest BCUT2D eigenvalue weighted by molar-refractivity contribution is 6.04. The maximum absolute atomic E-state index is 12.6. The van der Waals surface area contributed by atoms with Crippen LogP contribution in [-0.2, 0) is 9.59 Å². The Labute approximate surface area is 173 Å². The number of fused-ring (bicyclic) bond motifs is 1. The zero-order valence-corrected chi connectivity index (χ0v) is 16.9. The van der Waals surface area contributed by atoms with Crippen molar-refractivity contribution in [3.63, 3.8) is 0 Å². The van der Waals surface area contributed by atoms with Crippen LogP contribution in [-0.4, -0.2) is 35.8 Å². The van der Waals surface area contributed by atoms with Gasteiger partial charge in [-0.1, -0.05) is 24.3 Å². The number of hydrogen-bond donors (Lipinski definition) is 2. The summed E-state index contributed by atoms with van der Waals surface area (Å²) in [6.07, 6.45) is -0.0416. The largest absolute Gasteiger partial charge is 0.497 e. The fraction of sp³-hybridized carbons (Fsp3) is 0.227. The molecule has 1 unspecified atom stereocenters. The van der Waals surface area contributed by atoms with Crippen LogP contribution in [0.3, 0.4) is 0 Å². The fourth-order valence-corrected chi connectivity index (χ4v) is 3.61. The molecule has 1 aliphatic rings. The van der Waals surface area contributed by atoms with E-state index in [1.807, 2.05) is 37.3 Å². The highest BCUT2D eigenvalue weighted by Gasteiger charge is 2.36. The maximum atomic E-state index is 12.6. The first kappa shape index (κ1) is 19.5. The number of methoxy groups -OCH3 is 2. The van der Waals surface area contributed by atoms with E-state index < -0.39 is 6.04 Å². The Morgan fingerprint density at radius 1 is 1.13 bits per heavy atom. The van der Waals surface area contributed by atoms with E-state index in [0.29, 0.717) is 17.3 Å². The Kier molecular flexibility index (Phi) is 5.14. The molecule has 4 rings (SSSR count). The Morgan fingerprint density at radius 2 is 1.87 bits per heavy atom. The molecule has 0 radical (unpaired) electrons. The van der Waals surface area contributed by atoms with Crippen molar-refractivity contribution in [2.45, 2.75) is 19.4 Å². The van der Waals surface area contributed by atoms with E-state index >= 15 is 0 Å². The molecule has 2 N–H and O–H groups in total. The number of ether oxygens (including phenoxy) is 2. The molecule has 0 aliphatic carbocycles. The van der Waals surface area contributed by atoms with Gasteiger partial charge < -0.3 is 20.1 Å². The van der Waals surface area contributed by atoms with Crippen LogP contribution in [0.4, 0.5) is 11.5 Å². The lowest BCUT2D eigenvalue weighted by Gasteiger charge is -2.12. The summed E-state index contributed by atoms with van der Waals surface area (Å²) in [6, 6.07) is 13.9. The zero-order chi connectivity index (χ0) is 21.3. The third kappa shape index (κ3) is 3.47. The van der Waals surface area contributed by atoms with E-state index in [4.69, 9.17) is 9.47 Å². The molecule has 30 heavy (non-hydrogen) atoms. The molecule has 1 aromatic heterocycles. The van der Waals surface area contributed by atoms with Crippen molar-refractivity contribution in [2.75, 3.05) is 24.9 Å². The van der Waals surface area contributed by atoms with Crippen molar-refractivity contribution in [3.05, 3.63) is 54.2 Å². The second kappa shape index (κ2) is 7.90. The van der Waals surface area contributed by atoms with Crippen LogP contribution in [0.5, 0.6) is 11.5 Å². The number of amides is 2. The normalized spacial score (nSPS) is 14.8. The highest BCUT2D eigenvalue weighted by Crippen LogP contribution is 2.38. The van der Waals surface area contributed by atoms with Crippen LogP contribution in [0.1, 0.15) is 18.2 Å². The first-order valence-corrected chi connectivity index (χ1v) is 9.49. The Bertz CT molecular complexity index is 1100. The van der Waals surface area contributed by atoms with Crippen molar-refractivity contribution in [1.82, 2.24) is 9.78 Å². The maximum Gasteiger partial charge on any atom is 0.251 e. The third-order valence-electron chi connectivity index (χ3n) is 5.06. The number of anilines is 2. The first-order chi connectivity index (χ1) is 14.5. The van der Waals surface area contributed by atoms with Crippen LogP contribution in [0.15, 0.2) is 48.5 Å². The molecule has 1 aliphatic heterocycles. The van der Waals surface area contributed by atoms with Gasteiger partial charge in [0.1, 0.15) is 23.4 Å². The van der Waals surface area contributed by atoms with E-state index in [1.165, 1.54) is 7.11 Å². The Hall–Kier alpha value is -3.81. The van der Waals surface area contributed by atoms with Gasteiger partial charge in [0.25, 0.3) is 5.91 Å². The molecule has 2 aromatic carbocycles. The monoisotopic (exact) mass is 406 g/mol. The number of aromatic nitrogens is 2. The van der Waals surface area contributed by atoms with Gasteiger partial charge >= 0.3 is 0 Å². The molecule has 8 heteroatoms. The molecule has 2 amide bonds. The van der Waals surface area contributed by atoms with E-state index in [0.717, 1.165) is 22.6 Å². The fourth-order valence-electron chi connectivity index (χ4n) is 3.61. The molecule has 0 spiro atoms. The van der Waals surface area contributed by atoms with Crippen molar-refractivity contribution in [1.29, 1.82) is 0 Å². The Balaban J connectivity index is 1.57. The van der Waals surface area contributed by atoms with Gasteiger partial charge in [0.15, 0.2) is 0 Å². The predicted molar refractivity (Wildman–Crippen MR) is 113 cm³/mol. The summed E-state index contributed by atoms with van der Waals surface area (Å²) in [6.45, 7) is 1.88.